The third kappa shape index (κ3) is 2.14. The van der Waals surface area contributed by atoms with E-state index in [0.717, 1.165) is 0 Å². The molecule has 5 N–H and O–H groups in total. The van der Waals surface area contributed by atoms with Crippen LogP contribution in [0.2, 0.25) is 0 Å². The van der Waals surface area contributed by atoms with Crippen LogP contribution in [0.3, 0.4) is 0 Å². The summed E-state index contributed by atoms with van der Waals surface area (Å²) in [7, 11) is 0. The Bertz CT molecular complexity index is 271. The van der Waals surface area contributed by atoms with Gasteiger partial charge in [-0.2, -0.15) is 0 Å². The van der Waals surface area contributed by atoms with Gasteiger partial charge in [-0.3, -0.25) is 4.79 Å². The van der Waals surface area contributed by atoms with Crippen molar-refractivity contribution in [3.63, 3.8) is 0 Å². The minimum absolute atomic E-state index is 0.304. The van der Waals surface area contributed by atoms with Gasteiger partial charge in [0.25, 0.3) is 5.79 Å². The van der Waals surface area contributed by atoms with E-state index in [4.69, 9.17) is 9.84 Å². The minimum Gasteiger partial charge on any atom is -0.394 e. The first-order chi connectivity index (χ1) is 7.38. The molecule has 1 aliphatic rings. The van der Waals surface area contributed by atoms with E-state index in [1.807, 2.05) is 0 Å². The predicted octanol–water partition coefficient (Wildman–Crippen LogP) is -2.89. The summed E-state index contributed by atoms with van der Waals surface area (Å²) in [5.41, 5.74) is 0. The van der Waals surface area contributed by atoms with Crippen LogP contribution in [-0.2, 0) is 9.53 Å². The summed E-state index contributed by atoms with van der Waals surface area (Å²) in [5, 5.41) is 46.5. The zero-order valence-electron chi connectivity index (χ0n) is 8.15. The molecule has 5 atom stereocenters. The largest absolute Gasteiger partial charge is 0.394 e. The lowest BCUT2D eigenvalue weighted by molar-refractivity contribution is -0.330. The lowest BCUT2D eigenvalue weighted by atomic mass is 9.90. The van der Waals surface area contributed by atoms with E-state index in [0.29, 0.717) is 0 Å². The smallest absolute Gasteiger partial charge is 0.257 e. The molecule has 94 valence electrons. The van der Waals surface area contributed by atoms with E-state index < -0.39 is 42.6 Å². The van der Waals surface area contributed by atoms with Crippen molar-refractivity contribution in [2.24, 2.45) is 0 Å². The minimum atomic E-state index is -2.63. The van der Waals surface area contributed by atoms with Crippen molar-refractivity contribution in [3.05, 3.63) is 0 Å². The first-order valence-corrected chi connectivity index (χ1v) is 5.65. The Morgan fingerprint density at radius 3 is 2.31 bits per heavy atom. The molecule has 16 heavy (non-hydrogen) atoms. The Kier molecular flexibility index (Phi) is 4.41. The summed E-state index contributed by atoms with van der Waals surface area (Å²) in [6.45, 7) is -0.706. The van der Waals surface area contributed by atoms with Crippen LogP contribution < -0.4 is 0 Å². The lowest BCUT2D eigenvalue weighted by Gasteiger charge is -2.44. The topological polar surface area (TPSA) is 127 Å². The number of halogens is 1. The number of rotatable bonds is 3. The summed E-state index contributed by atoms with van der Waals surface area (Å²) in [4.78, 5) is 11.4. The highest BCUT2D eigenvalue weighted by Gasteiger charge is 2.56. The number of aliphatic hydroxyl groups excluding tert-OH is 4. The molecule has 1 fully saturated rings. The second-order valence-electron chi connectivity index (χ2n) is 3.52. The zero-order chi connectivity index (χ0) is 12.5. The van der Waals surface area contributed by atoms with Crippen LogP contribution >= 0.6 is 15.9 Å². The van der Waals surface area contributed by atoms with E-state index in [2.05, 4.69) is 15.9 Å². The van der Waals surface area contributed by atoms with Gasteiger partial charge in [-0.15, -0.1) is 0 Å². The van der Waals surface area contributed by atoms with Gasteiger partial charge in [-0.1, -0.05) is 15.9 Å². The Hall–Kier alpha value is -0.0900. The van der Waals surface area contributed by atoms with E-state index in [9.17, 15) is 25.2 Å². The first-order valence-electron chi connectivity index (χ1n) is 4.53. The first kappa shape index (κ1) is 14.0. The molecule has 0 saturated carbocycles. The Morgan fingerprint density at radius 1 is 1.31 bits per heavy atom. The average molecular weight is 301 g/mol. The molecular formula is C8H13BrO7. The number of ketones is 1. The monoisotopic (exact) mass is 300 g/mol. The van der Waals surface area contributed by atoms with Crippen molar-refractivity contribution in [2.45, 2.75) is 30.2 Å². The van der Waals surface area contributed by atoms with Crippen molar-refractivity contribution in [3.8, 4) is 0 Å². The maximum absolute atomic E-state index is 11.4. The molecule has 7 nitrogen and oxygen atoms in total. The Morgan fingerprint density at radius 2 is 1.88 bits per heavy atom. The van der Waals surface area contributed by atoms with E-state index in [-0.39, 0.29) is 5.33 Å². The second-order valence-corrected chi connectivity index (χ2v) is 4.08. The number of ether oxygens (including phenoxy) is 1. The van der Waals surface area contributed by atoms with Crippen molar-refractivity contribution >= 4 is 21.7 Å². The van der Waals surface area contributed by atoms with Gasteiger partial charge in [0.2, 0.25) is 5.78 Å². The summed E-state index contributed by atoms with van der Waals surface area (Å²) >= 11 is 2.78. The third-order valence-corrected chi connectivity index (χ3v) is 3.00. The molecule has 0 bridgehead atoms. The molecule has 0 spiro atoms. The van der Waals surface area contributed by atoms with Crippen LogP contribution in [0.4, 0.5) is 0 Å². The SMILES string of the molecule is O=C(CBr)[C@]1(O)O[C@H](CO)[C@@H](O)[C@H](O)[C@H]1O. The fourth-order valence-electron chi connectivity index (χ4n) is 1.48. The molecule has 8 heteroatoms. The van der Waals surface area contributed by atoms with Crippen LogP contribution in [0.5, 0.6) is 0 Å². The van der Waals surface area contributed by atoms with E-state index >= 15 is 0 Å². The maximum atomic E-state index is 11.4. The highest BCUT2D eigenvalue weighted by molar-refractivity contribution is 9.09. The standard InChI is InChI=1S/C8H13BrO7/c9-1-4(11)8(15)7(14)6(13)5(12)3(2-10)16-8/h3,5-7,10,12-15H,1-2H2/t3-,5-,6+,7-,8+/m1/s1. The molecular weight excluding hydrogens is 288 g/mol. The van der Waals surface area contributed by atoms with E-state index in [1.54, 1.807) is 0 Å². The zero-order valence-corrected chi connectivity index (χ0v) is 9.74. The molecule has 0 radical (unpaired) electrons. The molecule has 1 saturated heterocycles. The van der Waals surface area contributed by atoms with Crippen LogP contribution in [0.1, 0.15) is 0 Å². The number of Topliss-reactive ketones (excluding diaryl/α,β-unsaturated/α-hetero) is 1. The Balaban J connectivity index is 2.98. The number of hydrogen-bond donors (Lipinski definition) is 5. The van der Waals surface area contributed by atoms with E-state index in [1.165, 1.54) is 0 Å². The molecule has 0 aromatic heterocycles. The van der Waals surface area contributed by atoms with Crippen molar-refractivity contribution in [2.75, 3.05) is 11.9 Å². The quantitative estimate of drug-likeness (QED) is 0.354. The maximum Gasteiger partial charge on any atom is 0.257 e. The van der Waals surface area contributed by atoms with Gasteiger partial charge in [0.1, 0.15) is 24.4 Å². The molecule has 1 rings (SSSR count). The molecule has 0 aliphatic carbocycles. The van der Waals surface area contributed by atoms with Crippen LogP contribution in [0.15, 0.2) is 0 Å². The van der Waals surface area contributed by atoms with Gasteiger partial charge in [0.15, 0.2) is 0 Å². The van der Waals surface area contributed by atoms with Crippen LogP contribution in [-0.4, -0.2) is 73.5 Å². The molecule has 1 aliphatic heterocycles. The number of alkyl halides is 1. The highest BCUT2D eigenvalue weighted by Crippen LogP contribution is 2.29. The van der Waals surface area contributed by atoms with Gasteiger partial charge in [0.05, 0.1) is 11.9 Å². The predicted molar refractivity (Wildman–Crippen MR) is 53.7 cm³/mol. The van der Waals surface area contributed by atoms with Crippen molar-refractivity contribution in [1.82, 2.24) is 0 Å². The second kappa shape index (κ2) is 5.05. The summed E-state index contributed by atoms with van der Waals surface area (Å²) in [6, 6.07) is 0. The molecule has 0 unspecified atom stereocenters. The van der Waals surface area contributed by atoms with Crippen LogP contribution in [0, 0.1) is 0 Å². The average Bonchev–Trinajstić information content (AvgIpc) is 2.30. The van der Waals surface area contributed by atoms with Gasteiger partial charge in [0, 0.05) is 0 Å². The van der Waals surface area contributed by atoms with Gasteiger partial charge in [-0.25, -0.2) is 0 Å². The highest BCUT2D eigenvalue weighted by atomic mass is 79.9. The molecule has 0 aromatic carbocycles. The molecule has 0 aromatic rings. The van der Waals surface area contributed by atoms with Crippen molar-refractivity contribution < 1.29 is 35.1 Å². The number of carbonyl (C=O) groups excluding carboxylic acids is 1. The Labute approximate surface area is 99.4 Å². The van der Waals surface area contributed by atoms with Gasteiger partial charge < -0.3 is 30.3 Å². The normalized spacial score (nSPS) is 44.4. The molecule has 0 amide bonds. The molecule has 1 heterocycles. The van der Waals surface area contributed by atoms with Crippen LogP contribution in [0.25, 0.3) is 0 Å². The summed E-state index contributed by atoms with van der Waals surface area (Å²) in [6.07, 6.45) is -6.68. The third-order valence-electron chi connectivity index (χ3n) is 2.49. The number of carbonyl (C=O) groups is 1. The van der Waals surface area contributed by atoms with Gasteiger partial charge in [-0.05, 0) is 0 Å². The summed E-state index contributed by atoms with van der Waals surface area (Å²) < 4.78 is 4.74. The fourth-order valence-corrected chi connectivity index (χ4v) is 1.88. The fraction of sp³-hybridized carbons (Fsp3) is 0.875. The number of aliphatic hydroxyl groups is 5. The van der Waals surface area contributed by atoms with Gasteiger partial charge >= 0.3 is 0 Å². The lowest BCUT2D eigenvalue weighted by Crippen LogP contribution is -2.68. The number of hydrogen-bond acceptors (Lipinski definition) is 7. The summed E-state index contributed by atoms with van der Waals surface area (Å²) in [5.74, 6) is -3.54. The van der Waals surface area contributed by atoms with Crippen molar-refractivity contribution in [1.29, 1.82) is 0 Å².